The summed E-state index contributed by atoms with van der Waals surface area (Å²) in [5.41, 5.74) is 3.58. The van der Waals surface area contributed by atoms with Crippen LogP contribution in [0.3, 0.4) is 0 Å². The number of fused-ring (bicyclic) bond motifs is 6. The molecule has 0 saturated carbocycles. The molecule has 0 spiro atoms. The Hall–Kier alpha value is -4.95. The Morgan fingerprint density at radius 1 is 1.02 bits per heavy atom. The zero-order valence-electron chi connectivity index (χ0n) is 27.3. The van der Waals surface area contributed by atoms with Gasteiger partial charge in [-0.25, -0.2) is 22.8 Å². The molecule has 3 aliphatic rings. The number of carbonyl (C=O) groups is 1. The number of allylic oxidation sites excluding steroid dienone is 2. The Labute approximate surface area is 283 Å². The number of nitrogens with one attached hydrogen (secondary N) is 1. The Morgan fingerprint density at radius 3 is 2.71 bits per heavy atom. The fourth-order valence-electron chi connectivity index (χ4n) is 7.15. The molecule has 14 heteroatoms. The monoisotopic (exact) mass is 682 g/mol. The highest BCUT2D eigenvalue weighted by Crippen LogP contribution is 2.35. The SMILES string of the molecule is CS(=O)(=O)CCN1CCC(n2ccc3cc(Nc4ncc5c(=O)n6n(c5n4)-c4ccc5c(c4)N(CCC/C=C\C6)C(=O)CO5)ccc32)CC1. The third-order valence-corrected chi connectivity index (χ3v) is 10.6. The second kappa shape index (κ2) is 12.5. The van der Waals surface area contributed by atoms with E-state index in [1.807, 2.05) is 36.4 Å². The van der Waals surface area contributed by atoms with Gasteiger partial charge in [-0.15, -0.1) is 0 Å². The largest absolute Gasteiger partial charge is 0.482 e. The van der Waals surface area contributed by atoms with E-state index in [0.29, 0.717) is 59.8 Å². The molecule has 0 aliphatic carbocycles. The molecule has 1 saturated heterocycles. The van der Waals surface area contributed by atoms with Gasteiger partial charge in [-0.05, 0) is 68.1 Å². The fraction of sp³-hybridized carbons (Fsp3) is 0.371. The van der Waals surface area contributed by atoms with E-state index in [9.17, 15) is 18.0 Å². The third kappa shape index (κ3) is 6.10. The second-order valence-electron chi connectivity index (χ2n) is 13.1. The van der Waals surface area contributed by atoms with Crippen LogP contribution in [0.1, 0.15) is 31.7 Å². The van der Waals surface area contributed by atoms with E-state index < -0.39 is 9.84 Å². The Kier molecular flexibility index (Phi) is 7.99. The lowest BCUT2D eigenvalue weighted by Gasteiger charge is -2.33. The highest BCUT2D eigenvalue weighted by Gasteiger charge is 2.27. The molecule has 0 radical (unpaired) electrons. The van der Waals surface area contributed by atoms with Gasteiger partial charge in [0.25, 0.3) is 11.5 Å². The van der Waals surface area contributed by atoms with Crippen LogP contribution in [0.2, 0.25) is 0 Å². The zero-order chi connectivity index (χ0) is 33.7. The first-order valence-corrected chi connectivity index (χ1v) is 18.8. The summed E-state index contributed by atoms with van der Waals surface area (Å²) < 4.78 is 34.7. The van der Waals surface area contributed by atoms with Crippen molar-refractivity contribution in [3.05, 3.63) is 77.4 Å². The number of carbonyl (C=O) groups excluding carboxylic acids is 1. The van der Waals surface area contributed by atoms with Crippen LogP contribution in [0.4, 0.5) is 17.3 Å². The van der Waals surface area contributed by atoms with Crippen LogP contribution in [-0.2, 0) is 21.2 Å². The molecule has 6 heterocycles. The number of likely N-dealkylation sites (tertiary alicyclic amines) is 1. The molecule has 1 N–H and O–H groups in total. The van der Waals surface area contributed by atoms with E-state index in [1.165, 1.54) is 6.26 Å². The molecule has 2 aromatic carbocycles. The summed E-state index contributed by atoms with van der Waals surface area (Å²) in [5, 5.41) is 4.82. The number of ether oxygens (including phenoxy) is 1. The van der Waals surface area contributed by atoms with E-state index in [-0.39, 0.29) is 23.8 Å². The van der Waals surface area contributed by atoms with Crippen LogP contribution in [0.5, 0.6) is 5.75 Å². The molecule has 2 bridgehead atoms. The topological polar surface area (TPSA) is 137 Å². The summed E-state index contributed by atoms with van der Waals surface area (Å²) in [7, 11) is -2.97. The maximum absolute atomic E-state index is 13.7. The molecule has 49 heavy (non-hydrogen) atoms. The lowest BCUT2D eigenvalue weighted by Crippen LogP contribution is -2.39. The van der Waals surface area contributed by atoms with Crippen molar-refractivity contribution in [2.45, 2.75) is 38.3 Å². The highest BCUT2D eigenvalue weighted by molar-refractivity contribution is 7.90. The Bertz CT molecular complexity index is 2280. The third-order valence-electron chi connectivity index (χ3n) is 9.71. The summed E-state index contributed by atoms with van der Waals surface area (Å²) in [6, 6.07) is 14.2. The summed E-state index contributed by atoms with van der Waals surface area (Å²) in [4.78, 5) is 39.8. The van der Waals surface area contributed by atoms with E-state index in [0.717, 1.165) is 55.4 Å². The highest BCUT2D eigenvalue weighted by atomic mass is 32.2. The molecule has 1 fully saturated rings. The van der Waals surface area contributed by atoms with Gasteiger partial charge in [0.15, 0.2) is 12.3 Å². The maximum atomic E-state index is 13.7. The van der Waals surface area contributed by atoms with Gasteiger partial charge in [-0.1, -0.05) is 12.2 Å². The first-order valence-electron chi connectivity index (χ1n) is 16.7. The van der Waals surface area contributed by atoms with Crippen LogP contribution >= 0.6 is 0 Å². The number of amides is 1. The van der Waals surface area contributed by atoms with Crippen LogP contribution in [0, 0.1) is 0 Å². The standard InChI is InChI=1S/C35H38N8O5S/c1-49(46,47)19-18-39-15-11-26(12-16-39)40-17-10-24-20-25(6-8-29(24)40)37-35-36-22-28-33(38-35)43-27-7-9-31-30(21-27)41(32(44)23-48-31)13-4-2-3-5-14-42(43)34(28)45/h3,5-10,17,20-22,26H,2,4,11-16,18-19,23H2,1H3,(H,36,37,38)/b5-3-. The van der Waals surface area contributed by atoms with Crippen molar-refractivity contribution < 1.29 is 17.9 Å². The first kappa shape index (κ1) is 31.3. The summed E-state index contributed by atoms with van der Waals surface area (Å²) in [6.45, 7) is 3.28. The van der Waals surface area contributed by atoms with Crippen molar-refractivity contribution in [2.75, 3.05) is 55.0 Å². The smallest absolute Gasteiger partial charge is 0.278 e. The first-order chi connectivity index (χ1) is 23.7. The molecule has 254 valence electrons. The number of aromatic nitrogens is 5. The van der Waals surface area contributed by atoms with Crippen molar-refractivity contribution >= 4 is 55.0 Å². The number of nitrogens with zero attached hydrogens (tertiary/aromatic N) is 7. The van der Waals surface area contributed by atoms with E-state index in [4.69, 9.17) is 9.72 Å². The van der Waals surface area contributed by atoms with E-state index in [2.05, 4.69) is 44.2 Å². The summed E-state index contributed by atoms with van der Waals surface area (Å²) in [5.74, 6) is 1.10. The van der Waals surface area contributed by atoms with Gasteiger partial charge in [-0.3, -0.25) is 9.59 Å². The van der Waals surface area contributed by atoms with Crippen LogP contribution < -0.4 is 20.5 Å². The molecule has 3 aliphatic heterocycles. The van der Waals surface area contributed by atoms with Gasteiger partial charge in [0, 0.05) is 67.5 Å². The molecule has 13 nitrogen and oxygen atoms in total. The molecule has 3 aromatic heterocycles. The quantitative estimate of drug-likeness (QED) is 0.263. The number of hydrogen-bond donors (Lipinski definition) is 1. The fourth-order valence-corrected chi connectivity index (χ4v) is 7.74. The summed E-state index contributed by atoms with van der Waals surface area (Å²) in [6.07, 6.45) is 12.5. The predicted octanol–water partition coefficient (Wildman–Crippen LogP) is 4.04. The van der Waals surface area contributed by atoms with Gasteiger partial charge in [0.05, 0.1) is 23.7 Å². The number of piperidine rings is 1. The average Bonchev–Trinajstić information content (AvgIpc) is 3.63. The van der Waals surface area contributed by atoms with Gasteiger partial charge >= 0.3 is 0 Å². The van der Waals surface area contributed by atoms with Crippen LogP contribution in [0.15, 0.2) is 71.8 Å². The van der Waals surface area contributed by atoms with Gasteiger partial charge < -0.3 is 24.4 Å². The van der Waals surface area contributed by atoms with Crippen molar-refractivity contribution in [1.29, 1.82) is 0 Å². The van der Waals surface area contributed by atoms with Gasteiger partial charge in [-0.2, -0.15) is 4.98 Å². The number of anilines is 3. The van der Waals surface area contributed by atoms with Crippen LogP contribution in [-0.4, -0.2) is 87.9 Å². The number of hydrogen-bond acceptors (Lipinski definition) is 9. The van der Waals surface area contributed by atoms with Crippen molar-refractivity contribution in [3.8, 4) is 11.4 Å². The second-order valence-corrected chi connectivity index (χ2v) is 15.3. The number of rotatable bonds is 6. The molecular formula is C35H38N8O5S. The minimum Gasteiger partial charge on any atom is -0.482 e. The minimum absolute atomic E-state index is 0.00637. The van der Waals surface area contributed by atoms with E-state index in [1.54, 1.807) is 20.5 Å². The van der Waals surface area contributed by atoms with Crippen molar-refractivity contribution in [3.63, 3.8) is 0 Å². The molecule has 5 aromatic rings. The Morgan fingerprint density at radius 2 is 1.88 bits per heavy atom. The van der Waals surface area contributed by atoms with Crippen molar-refractivity contribution in [1.82, 2.24) is 28.8 Å². The molecule has 8 rings (SSSR count). The van der Waals surface area contributed by atoms with Gasteiger partial charge in [0.2, 0.25) is 5.95 Å². The molecular weight excluding hydrogens is 645 g/mol. The Balaban J connectivity index is 1.08. The normalized spacial score (nSPS) is 18.1. The average molecular weight is 683 g/mol. The minimum atomic E-state index is -2.97. The molecule has 0 atom stereocenters. The predicted molar refractivity (Wildman–Crippen MR) is 189 cm³/mol. The lowest BCUT2D eigenvalue weighted by molar-refractivity contribution is -0.121. The summed E-state index contributed by atoms with van der Waals surface area (Å²) >= 11 is 0. The van der Waals surface area contributed by atoms with E-state index >= 15 is 0 Å². The molecule has 1 amide bonds. The van der Waals surface area contributed by atoms with Crippen LogP contribution in [0.25, 0.3) is 27.6 Å². The molecule has 0 unspecified atom stereocenters. The number of sulfone groups is 1. The van der Waals surface area contributed by atoms with Crippen molar-refractivity contribution in [2.24, 2.45) is 0 Å². The van der Waals surface area contributed by atoms with Gasteiger partial charge in [0.1, 0.15) is 21.0 Å². The number of benzene rings is 2. The maximum Gasteiger partial charge on any atom is 0.278 e. The lowest BCUT2D eigenvalue weighted by atomic mass is 10.0. The zero-order valence-corrected chi connectivity index (χ0v) is 28.1.